The number of sulfone groups is 1. The molecule has 1 aromatic rings. The van der Waals surface area contributed by atoms with Crippen molar-refractivity contribution >= 4 is 15.6 Å². The molecule has 1 saturated heterocycles. The molecule has 1 aliphatic rings. The summed E-state index contributed by atoms with van der Waals surface area (Å²) in [6.45, 7) is 1.80. The largest absolute Gasteiger partial charge is 0.497 e. The van der Waals surface area contributed by atoms with Crippen LogP contribution in [0.5, 0.6) is 5.75 Å². The summed E-state index contributed by atoms with van der Waals surface area (Å²) in [5.41, 5.74) is 1.24. The maximum absolute atomic E-state index is 12.4. The molecule has 1 heterocycles. The Bertz CT molecular complexity index is 589. The Morgan fingerprint density at radius 3 is 2.63 bits per heavy atom. The average molecular weight is 282 g/mol. The van der Waals surface area contributed by atoms with Crippen molar-refractivity contribution in [2.75, 3.05) is 12.9 Å². The summed E-state index contributed by atoms with van der Waals surface area (Å²) in [5, 5.41) is -0.867. The molecule has 19 heavy (non-hydrogen) atoms. The van der Waals surface area contributed by atoms with Gasteiger partial charge in [0, 0.05) is 5.56 Å². The Hall–Kier alpha value is -1.36. The minimum Gasteiger partial charge on any atom is -0.497 e. The van der Waals surface area contributed by atoms with Crippen molar-refractivity contribution in [1.82, 2.24) is 0 Å². The topological polar surface area (TPSA) is 60.4 Å². The predicted molar refractivity (Wildman–Crippen MR) is 73.5 cm³/mol. The Kier molecular flexibility index (Phi) is 3.94. The van der Waals surface area contributed by atoms with Gasteiger partial charge in [0.1, 0.15) is 11.0 Å². The number of benzene rings is 1. The Morgan fingerprint density at radius 1 is 1.32 bits per heavy atom. The zero-order valence-corrected chi connectivity index (χ0v) is 12.0. The van der Waals surface area contributed by atoms with Crippen LogP contribution >= 0.6 is 0 Å². The number of carbonyl (C=O) groups excluding carboxylic acids is 1. The third-order valence-corrected chi connectivity index (χ3v) is 5.74. The molecule has 0 N–H and O–H groups in total. The molecule has 0 bridgehead atoms. The van der Waals surface area contributed by atoms with Crippen LogP contribution in [0.15, 0.2) is 18.2 Å². The Morgan fingerprint density at radius 2 is 2.05 bits per heavy atom. The molecule has 5 heteroatoms. The highest BCUT2D eigenvalue weighted by Gasteiger charge is 2.35. The summed E-state index contributed by atoms with van der Waals surface area (Å²) < 4.78 is 29.1. The Labute approximate surface area is 113 Å². The lowest BCUT2D eigenvalue weighted by Crippen LogP contribution is -2.35. The first-order valence-electron chi connectivity index (χ1n) is 6.36. The predicted octanol–water partition coefficient (Wildman–Crippen LogP) is 2.15. The van der Waals surface area contributed by atoms with E-state index in [0.29, 0.717) is 24.2 Å². The molecule has 0 amide bonds. The molecule has 4 nitrogen and oxygen atoms in total. The molecular formula is C14H18O4S. The quantitative estimate of drug-likeness (QED) is 0.797. The van der Waals surface area contributed by atoms with Crippen LogP contribution in [0, 0.1) is 6.92 Å². The summed E-state index contributed by atoms with van der Waals surface area (Å²) in [7, 11) is -1.73. The number of carbonyl (C=O) groups is 1. The van der Waals surface area contributed by atoms with Gasteiger partial charge in [-0.15, -0.1) is 0 Å². The van der Waals surface area contributed by atoms with Crippen LogP contribution in [0.4, 0.5) is 0 Å². The fourth-order valence-corrected chi connectivity index (χ4v) is 4.33. The molecule has 1 aliphatic heterocycles. The second-order valence-corrected chi connectivity index (χ2v) is 7.20. The lowest BCUT2D eigenvalue weighted by Gasteiger charge is -2.21. The van der Waals surface area contributed by atoms with Gasteiger partial charge in [0.2, 0.25) is 0 Å². The van der Waals surface area contributed by atoms with Gasteiger partial charge in [-0.25, -0.2) is 8.42 Å². The van der Waals surface area contributed by atoms with Crippen molar-refractivity contribution in [2.45, 2.75) is 31.4 Å². The van der Waals surface area contributed by atoms with Crippen molar-refractivity contribution in [3.63, 3.8) is 0 Å². The summed E-state index contributed by atoms with van der Waals surface area (Å²) in [5.74, 6) is 0.513. The van der Waals surface area contributed by atoms with Crippen LogP contribution in [-0.4, -0.2) is 32.3 Å². The van der Waals surface area contributed by atoms with Crippen molar-refractivity contribution in [3.8, 4) is 5.75 Å². The lowest BCUT2D eigenvalue weighted by molar-refractivity contribution is 0.0981. The summed E-state index contributed by atoms with van der Waals surface area (Å²) in [4.78, 5) is 12.4. The molecule has 1 fully saturated rings. The minimum atomic E-state index is -3.28. The van der Waals surface area contributed by atoms with Gasteiger partial charge >= 0.3 is 0 Å². The number of aryl methyl sites for hydroxylation is 1. The molecule has 2 rings (SSSR count). The van der Waals surface area contributed by atoms with Gasteiger partial charge in [0.05, 0.1) is 12.9 Å². The highest BCUT2D eigenvalue weighted by Crippen LogP contribution is 2.25. The van der Waals surface area contributed by atoms with Crippen molar-refractivity contribution < 1.29 is 17.9 Å². The van der Waals surface area contributed by atoms with Crippen LogP contribution in [0.3, 0.4) is 0 Å². The van der Waals surface area contributed by atoms with Gasteiger partial charge in [0.25, 0.3) is 0 Å². The van der Waals surface area contributed by atoms with Crippen molar-refractivity contribution in [1.29, 1.82) is 0 Å². The van der Waals surface area contributed by atoms with E-state index < -0.39 is 15.1 Å². The van der Waals surface area contributed by atoms with E-state index in [1.165, 1.54) is 0 Å². The highest BCUT2D eigenvalue weighted by molar-refractivity contribution is 7.92. The third-order valence-electron chi connectivity index (χ3n) is 3.57. The van der Waals surface area contributed by atoms with E-state index in [4.69, 9.17) is 4.74 Å². The van der Waals surface area contributed by atoms with E-state index >= 15 is 0 Å². The van der Waals surface area contributed by atoms with Gasteiger partial charge < -0.3 is 4.74 Å². The third kappa shape index (κ3) is 2.81. The van der Waals surface area contributed by atoms with E-state index in [1.54, 1.807) is 32.2 Å². The first-order chi connectivity index (χ1) is 8.95. The molecular weight excluding hydrogens is 264 g/mol. The summed E-state index contributed by atoms with van der Waals surface area (Å²) in [6, 6.07) is 5.10. The fourth-order valence-electron chi connectivity index (χ4n) is 2.46. The second kappa shape index (κ2) is 5.33. The second-order valence-electron chi connectivity index (χ2n) is 4.90. The van der Waals surface area contributed by atoms with Gasteiger partial charge in [-0.1, -0.05) is 6.42 Å². The van der Waals surface area contributed by atoms with Gasteiger partial charge in [0.15, 0.2) is 15.6 Å². The number of Topliss-reactive ketones (excluding diaryl/α,β-unsaturated/α-hetero) is 1. The lowest BCUT2D eigenvalue weighted by atomic mass is 9.99. The SMILES string of the molecule is COc1ccc(C(=O)C2CCCCS2(=O)=O)c(C)c1. The molecule has 0 saturated carbocycles. The summed E-state index contributed by atoms with van der Waals surface area (Å²) in [6.07, 6.45) is 1.89. The number of rotatable bonds is 3. The molecule has 104 valence electrons. The molecule has 0 spiro atoms. The van der Waals surface area contributed by atoms with Crippen LogP contribution in [0.1, 0.15) is 35.2 Å². The average Bonchev–Trinajstić information content (AvgIpc) is 2.37. The molecule has 0 aromatic heterocycles. The van der Waals surface area contributed by atoms with E-state index in [-0.39, 0.29) is 11.5 Å². The van der Waals surface area contributed by atoms with Gasteiger partial charge in [-0.2, -0.15) is 0 Å². The van der Waals surface area contributed by atoms with Crippen molar-refractivity contribution in [3.05, 3.63) is 29.3 Å². The van der Waals surface area contributed by atoms with Gasteiger partial charge in [-0.05, 0) is 43.5 Å². The minimum absolute atomic E-state index is 0.124. The number of ketones is 1. The number of ether oxygens (including phenoxy) is 1. The zero-order chi connectivity index (χ0) is 14.0. The zero-order valence-electron chi connectivity index (χ0n) is 11.2. The standard InChI is InChI=1S/C14H18O4S/c1-10-9-11(18-2)6-7-12(10)14(15)13-5-3-4-8-19(13,16)17/h6-7,9,13H,3-5,8H2,1-2H3. The number of hydrogen-bond donors (Lipinski definition) is 0. The molecule has 0 radical (unpaired) electrons. The Balaban J connectivity index is 2.34. The first-order valence-corrected chi connectivity index (χ1v) is 8.07. The maximum atomic E-state index is 12.4. The maximum Gasteiger partial charge on any atom is 0.181 e. The van der Waals surface area contributed by atoms with Crippen LogP contribution in [-0.2, 0) is 9.84 Å². The number of hydrogen-bond acceptors (Lipinski definition) is 4. The molecule has 1 aromatic carbocycles. The van der Waals surface area contributed by atoms with Crippen molar-refractivity contribution in [2.24, 2.45) is 0 Å². The number of methoxy groups -OCH3 is 1. The first kappa shape index (κ1) is 14.1. The van der Waals surface area contributed by atoms with E-state index in [2.05, 4.69) is 0 Å². The fraction of sp³-hybridized carbons (Fsp3) is 0.500. The monoisotopic (exact) mass is 282 g/mol. The highest BCUT2D eigenvalue weighted by atomic mass is 32.2. The molecule has 1 unspecified atom stereocenters. The summed E-state index contributed by atoms with van der Waals surface area (Å²) >= 11 is 0. The molecule has 0 aliphatic carbocycles. The normalized spacial score (nSPS) is 21.9. The van der Waals surface area contributed by atoms with E-state index in [0.717, 1.165) is 12.0 Å². The van der Waals surface area contributed by atoms with E-state index in [9.17, 15) is 13.2 Å². The van der Waals surface area contributed by atoms with Crippen LogP contribution in [0.2, 0.25) is 0 Å². The van der Waals surface area contributed by atoms with E-state index in [1.807, 2.05) is 0 Å². The van der Waals surface area contributed by atoms with Crippen LogP contribution < -0.4 is 4.74 Å². The molecule has 1 atom stereocenters. The van der Waals surface area contributed by atoms with Crippen LogP contribution in [0.25, 0.3) is 0 Å². The van der Waals surface area contributed by atoms with Gasteiger partial charge in [-0.3, -0.25) is 4.79 Å². The smallest absolute Gasteiger partial charge is 0.181 e.